The van der Waals surface area contributed by atoms with Gasteiger partial charge in [0.25, 0.3) is 0 Å². The monoisotopic (exact) mass is 369 g/mol. The van der Waals surface area contributed by atoms with Gasteiger partial charge < -0.3 is 5.73 Å². The Morgan fingerprint density at radius 2 is 2.00 bits per heavy atom. The largest absolute Gasteiger partial charge is 0.327 e. The van der Waals surface area contributed by atoms with Crippen LogP contribution in [0.25, 0.3) is 0 Å². The summed E-state index contributed by atoms with van der Waals surface area (Å²) in [6.45, 7) is 5.06. The summed E-state index contributed by atoms with van der Waals surface area (Å²) in [5.41, 5.74) is 9.70. The predicted octanol–water partition coefficient (Wildman–Crippen LogP) is 3.99. The van der Waals surface area contributed by atoms with Crippen molar-refractivity contribution in [3.63, 3.8) is 0 Å². The molecule has 0 aliphatic heterocycles. The molecule has 0 amide bonds. The highest BCUT2D eigenvalue weighted by Crippen LogP contribution is 2.24. The van der Waals surface area contributed by atoms with Crippen LogP contribution in [0.2, 0.25) is 5.02 Å². The number of nitrogens with two attached hydrogens (primary N) is 1. The molecule has 5 heteroatoms. The van der Waals surface area contributed by atoms with Gasteiger partial charge >= 0.3 is 0 Å². The molecule has 1 aromatic carbocycles. The zero-order chi connectivity index (χ0) is 15.4. The Hall–Kier alpha value is -0.840. The lowest BCUT2D eigenvalue weighted by atomic mass is 10.0. The molecule has 1 aromatic heterocycles. The van der Waals surface area contributed by atoms with Gasteiger partial charge in [-0.2, -0.15) is 5.10 Å². The molecule has 0 aliphatic rings. The van der Waals surface area contributed by atoms with Crippen LogP contribution in [0.1, 0.15) is 30.8 Å². The molecule has 1 atom stereocenters. The van der Waals surface area contributed by atoms with E-state index in [-0.39, 0.29) is 6.04 Å². The molecule has 0 spiro atoms. The van der Waals surface area contributed by atoms with Crippen LogP contribution in [-0.2, 0) is 25.8 Å². The molecule has 0 saturated carbocycles. The van der Waals surface area contributed by atoms with Crippen molar-refractivity contribution in [3.8, 4) is 0 Å². The highest BCUT2D eigenvalue weighted by molar-refractivity contribution is 9.10. The Bertz CT molecular complexity index is 610. The first-order valence-corrected chi connectivity index (χ1v) is 8.46. The molecular formula is C16H21BrClN3. The molecule has 2 N–H and O–H groups in total. The van der Waals surface area contributed by atoms with E-state index in [0.29, 0.717) is 0 Å². The summed E-state index contributed by atoms with van der Waals surface area (Å²) >= 11 is 9.87. The zero-order valence-corrected chi connectivity index (χ0v) is 14.8. The van der Waals surface area contributed by atoms with E-state index in [0.717, 1.165) is 46.6 Å². The second-order valence-corrected chi connectivity index (χ2v) is 6.34. The zero-order valence-electron chi connectivity index (χ0n) is 12.4. The smallest absolute Gasteiger partial charge is 0.0766 e. The molecule has 0 saturated heterocycles. The summed E-state index contributed by atoms with van der Waals surface area (Å²) in [6, 6.07) is 7.90. The molecule has 0 radical (unpaired) electrons. The Labute approximate surface area is 139 Å². The minimum absolute atomic E-state index is 0.0212. The molecule has 21 heavy (non-hydrogen) atoms. The van der Waals surface area contributed by atoms with E-state index in [1.165, 1.54) is 5.69 Å². The molecule has 3 nitrogen and oxygen atoms in total. The van der Waals surface area contributed by atoms with Crippen molar-refractivity contribution in [1.29, 1.82) is 0 Å². The Morgan fingerprint density at radius 3 is 2.62 bits per heavy atom. The van der Waals surface area contributed by atoms with Crippen LogP contribution in [0.5, 0.6) is 0 Å². The summed E-state index contributed by atoms with van der Waals surface area (Å²) < 4.78 is 3.14. The lowest BCUT2D eigenvalue weighted by molar-refractivity contribution is 0.572. The molecule has 2 rings (SSSR count). The van der Waals surface area contributed by atoms with Crippen LogP contribution < -0.4 is 5.73 Å². The minimum Gasteiger partial charge on any atom is -0.327 e. The highest BCUT2D eigenvalue weighted by Gasteiger charge is 2.17. The van der Waals surface area contributed by atoms with E-state index in [1.54, 1.807) is 0 Å². The normalized spacial score (nSPS) is 12.6. The molecule has 0 fully saturated rings. The van der Waals surface area contributed by atoms with Crippen LogP contribution in [-0.4, -0.2) is 15.8 Å². The summed E-state index contributed by atoms with van der Waals surface area (Å²) in [5.74, 6) is 0. The van der Waals surface area contributed by atoms with Crippen LogP contribution in [0.4, 0.5) is 0 Å². The summed E-state index contributed by atoms with van der Waals surface area (Å²) in [6.07, 6.45) is 2.47. The van der Waals surface area contributed by atoms with E-state index < -0.39 is 0 Å². The molecule has 1 heterocycles. The van der Waals surface area contributed by atoms with Crippen molar-refractivity contribution in [2.24, 2.45) is 5.73 Å². The van der Waals surface area contributed by atoms with E-state index >= 15 is 0 Å². The van der Waals surface area contributed by atoms with Crippen molar-refractivity contribution in [3.05, 3.63) is 50.7 Å². The van der Waals surface area contributed by atoms with E-state index in [1.807, 2.05) is 28.9 Å². The number of hydrogen-bond donors (Lipinski definition) is 1. The first kappa shape index (κ1) is 16.5. The second kappa shape index (κ2) is 7.43. The Morgan fingerprint density at radius 1 is 1.29 bits per heavy atom. The Balaban J connectivity index is 2.14. The quantitative estimate of drug-likeness (QED) is 0.835. The number of aryl methyl sites for hydroxylation is 2. The molecule has 1 unspecified atom stereocenters. The van der Waals surface area contributed by atoms with Gasteiger partial charge in [-0.3, -0.25) is 4.68 Å². The maximum atomic E-state index is 6.33. The van der Waals surface area contributed by atoms with Crippen molar-refractivity contribution < 1.29 is 0 Å². The lowest BCUT2D eigenvalue weighted by Crippen LogP contribution is -2.27. The van der Waals surface area contributed by atoms with Gasteiger partial charge in [-0.05, 0) is 47.3 Å². The second-order valence-electron chi connectivity index (χ2n) is 5.14. The number of rotatable bonds is 6. The standard InChI is InChI=1S/C16H21BrClN3/c1-3-14-16(17)15(21(4-2)20-14)10-12(19)9-11-7-5-6-8-13(11)18/h5-8,12H,3-4,9-10,19H2,1-2H3. The molecule has 0 aliphatic carbocycles. The maximum Gasteiger partial charge on any atom is 0.0766 e. The van der Waals surface area contributed by atoms with Crippen LogP contribution in [0, 0.1) is 0 Å². The molecule has 114 valence electrons. The fraction of sp³-hybridized carbons (Fsp3) is 0.438. The fourth-order valence-electron chi connectivity index (χ4n) is 2.48. The number of hydrogen-bond acceptors (Lipinski definition) is 2. The van der Waals surface area contributed by atoms with Crippen molar-refractivity contribution >= 4 is 27.5 Å². The van der Waals surface area contributed by atoms with Gasteiger partial charge in [0.15, 0.2) is 0 Å². The number of halogens is 2. The van der Waals surface area contributed by atoms with Crippen LogP contribution >= 0.6 is 27.5 Å². The van der Waals surface area contributed by atoms with Crippen LogP contribution in [0.15, 0.2) is 28.7 Å². The SMILES string of the molecule is CCc1nn(CC)c(CC(N)Cc2ccccc2Cl)c1Br. The van der Waals surface area contributed by atoms with Gasteiger partial charge in [-0.15, -0.1) is 0 Å². The van der Waals surface area contributed by atoms with Crippen LogP contribution in [0.3, 0.4) is 0 Å². The first-order valence-electron chi connectivity index (χ1n) is 7.29. The fourth-order valence-corrected chi connectivity index (χ4v) is 3.42. The minimum atomic E-state index is 0.0212. The lowest BCUT2D eigenvalue weighted by Gasteiger charge is -2.14. The van der Waals surface area contributed by atoms with E-state index in [4.69, 9.17) is 17.3 Å². The van der Waals surface area contributed by atoms with E-state index in [2.05, 4.69) is 34.9 Å². The van der Waals surface area contributed by atoms with Gasteiger partial charge in [0.1, 0.15) is 0 Å². The third-order valence-electron chi connectivity index (χ3n) is 3.59. The van der Waals surface area contributed by atoms with Crippen molar-refractivity contribution in [1.82, 2.24) is 9.78 Å². The maximum absolute atomic E-state index is 6.33. The third kappa shape index (κ3) is 3.87. The summed E-state index contributed by atoms with van der Waals surface area (Å²) in [4.78, 5) is 0. The Kier molecular flexibility index (Phi) is 5.85. The molecule has 0 bridgehead atoms. The van der Waals surface area contributed by atoms with Crippen molar-refractivity contribution in [2.75, 3.05) is 0 Å². The topological polar surface area (TPSA) is 43.8 Å². The van der Waals surface area contributed by atoms with Gasteiger partial charge in [0, 0.05) is 24.0 Å². The molecule has 2 aromatic rings. The van der Waals surface area contributed by atoms with Gasteiger partial charge in [-0.25, -0.2) is 0 Å². The third-order valence-corrected chi connectivity index (χ3v) is 4.87. The number of aromatic nitrogens is 2. The van der Waals surface area contributed by atoms with Gasteiger partial charge in [0.05, 0.1) is 15.9 Å². The average Bonchev–Trinajstić information content (AvgIpc) is 2.77. The van der Waals surface area contributed by atoms with E-state index in [9.17, 15) is 0 Å². The highest BCUT2D eigenvalue weighted by atomic mass is 79.9. The molecular weight excluding hydrogens is 350 g/mol. The van der Waals surface area contributed by atoms with Crippen molar-refractivity contribution in [2.45, 2.75) is 45.7 Å². The predicted molar refractivity (Wildman–Crippen MR) is 91.8 cm³/mol. The van der Waals surface area contributed by atoms with Gasteiger partial charge in [-0.1, -0.05) is 36.7 Å². The first-order chi connectivity index (χ1) is 10.1. The number of benzene rings is 1. The average molecular weight is 371 g/mol. The number of nitrogens with zero attached hydrogens (tertiary/aromatic N) is 2. The van der Waals surface area contributed by atoms with Gasteiger partial charge in [0.2, 0.25) is 0 Å². The summed E-state index contributed by atoms with van der Waals surface area (Å²) in [5, 5.41) is 5.40. The summed E-state index contributed by atoms with van der Waals surface area (Å²) in [7, 11) is 0.